The molecule has 0 saturated carbocycles. The predicted octanol–water partition coefficient (Wildman–Crippen LogP) is 2.18. The highest BCUT2D eigenvalue weighted by atomic mass is 19.1. The fourth-order valence-corrected chi connectivity index (χ4v) is 2.80. The molecule has 1 aliphatic heterocycles. The molecule has 1 aromatic heterocycles. The first kappa shape index (κ1) is 19.1. The normalized spacial score (nSPS) is 16.7. The van der Waals surface area contributed by atoms with Crippen LogP contribution in [-0.4, -0.2) is 67.5 Å². The lowest BCUT2D eigenvalue weighted by Crippen LogP contribution is -2.25. The molecule has 0 bridgehead atoms. The number of halogens is 1. The molecule has 1 atom stereocenters. The lowest BCUT2D eigenvalue weighted by atomic mass is 10.1. The van der Waals surface area contributed by atoms with E-state index in [9.17, 15) is 9.18 Å². The van der Waals surface area contributed by atoms with Crippen LogP contribution in [0.5, 0.6) is 0 Å². The van der Waals surface area contributed by atoms with E-state index in [1.165, 1.54) is 11.0 Å². The molecule has 2 N–H and O–H groups in total. The van der Waals surface area contributed by atoms with E-state index in [-0.39, 0.29) is 13.2 Å². The number of amides is 1. The van der Waals surface area contributed by atoms with E-state index in [0.29, 0.717) is 16.8 Å². The molecule has 1 saturated heterocycles. The van der Waals surface area contributed by atoms with Gasteiger partial charge in [-0.05, 0) is 44.4 Å². The molecule has 144 valence electrons. The molecule has 0 radical (unpaired) electrons. The minimum absolute atomic E-state index is 0.197. The predicted molar refractivity (Wildman–Crippen MR) is 101 cm³/mol. The average Bonchev–Trinajstić information content (AvgIpc) is 3.03. The molecular formula is C19H23FN4O3. The van der Waals surface area contributed by atoms with Gasteiger partial charge in [-0.25, -0.2) is 14.2 Å². The lowest BCUT2D eigenvalue weighted by molar-refractivity contribution is 0.0963. The number of carbonyl (C=O) groups excluding carboxylic acids is 1. The molecule has 2 heterocycles. The maximum atomic E-state index is 14.6. The van der Waals surface area contributed by atoms with Crippen LogP contribution in [0.15, 0.2) is 36.5 Å². The third-order valence-electron chi connectivity index (χ3n) is 4.28. The number of aliphatic hydroxyl groups is 1. The Labute approximate surface area is 157 Å². The van der Waals surface area contributed by atoms with Crippen molar-refractivity contribution in [2.75, 3.05) is 50.6 Å². The van der Waals surface area contributed by atoms with Crippen LogP contribution in [0.2, 0.25) is 0 Å². The largest absolute Gasteiger partial charge is 0.441 e. The Hall–Kier alpha value is -2.71. The van der Waals surface area contributed by atoms with Crippen molar-refractivity contribution in [3.8, 4) is 11.1 Å². The van der Waals surface area contributed by atoms with Crippen molar-refractivity contribution in [2.45, 2.75) is 6.10 Å². The Morgan fingerprint density at radius 3 is 2.78 bits per heavy atom. The number of anilines is 2. The molecule has 2 aromatic rings. The topological polar surface area (TPSA) is 77.9 Å². The number of hydrogen-bond acceptors (Lipinski definition) is 6. The first-order chi connectivity index (χ1) is 13.0. The maximum absolute atomic E-state index is 14.6. The number of ether oxygens (including phenoxy) is 1. The molecular weight excluding hydrogens is 351 g/mol. The van der Waals surface area contributed by atoms with Gasteiger partial charge in [0.2, 0.25) is 0 Å². The molecule has 8 heteroatoms. The number of benzene rings is 1. The van der Waals surface area contributed by atoms with Crippen LogP contribution in [-0.2, 0) is 4.74 Å². The molecule has 1 amide bonds. The summed E-state index contributed by atoms with van der Waals surface area (Å²) in [5.41, 5.74) is 1.44. The zero-order valence-electron chi connectivity index (χ0n) is 15.4. The smallest absolute Gasteiger partial charge is 0.414 e. The number of rotatable bonds is 7. The number of carbonyl (C=O) groups is 1. The van der Waals surface area contributed by atoms with Crippen molar-refractivity contribution in [1.82, 2.24) is 9.88 Å². The van der Waals surface area contributed by atoms with Gasteiger partial charge >= 0.3 is 6.09 Å². The summed E-state index contributed by atoms with van der Waals surface area (Å²) in [6, 6.07) is 8.17. The molecule has 1 aliphatic rings. The maximum Gasteiger partial charge on any atom is 0.414 e. The van der Waals surface area contributed by atoms with E-state index in [2.05, 4.69) is 15.2 Å². The van der Waals surface area contributed by atoms with Crippen LogP contribution in [0.4, 0.5) is 20.7 Å². The van der Waals surface area contributed by atoms with Gasteiger partial charge in [-0.2, -0.15) is 0 Å². The van der Waals surface area contributed by atoms with Crippen molar-refractivity contribution in [1.29, 1.82) is 0 Å². The van der Waals surface area contributed by atoms with E-state index in [0.717, 1.165) is 18.9 Å². The summed E-state index contributed by atoms with van der Waals surface area (Å²) < 4.78 is 19.6. The van der Waals surface area contributed by atoms with Crippen LogP contribution in [0.1, 0.15) is 0 Å². The number of aliphatic hydroxyl groups excluding tert-OH is 1. The quantitative estimate of drug-likeness (QED) is 0.774. The van der Waals surface area contributed by atoms with Gasteiger partial charge in [0, 0.05) is 30.4 Å². The van der Waals surface area contributed by atoms with Crippen LogP contribution in [0.3, 0.4) is 0 Å². The Kier molecular flexibility index (Phi) is 5.88. The van der Waals surface area contributed by atoms with Crippen molar-refractivity contribution >= 4 is 17.6 Å². The highest BCUT2D eigenvalue weighted by molar-refractivity contribution is 5.90. The Morgan fingerprint density at radius 1 is 1.37 bits per heavy atom. The van der Waals surface area contributed by atoms with E-state index in [1.54, 1.807) is 24.4 Å². The molecule has 7 nitrogen and oxygen atoms in total. The van der Waals surface area contributed by atoms with Crippen molar-refractivity contribution in [2.24, 2.45) is 0 Å². The van der Waals surface area contributed by atoms with Crippen LogP contribution in [0.25, 0.3) is 11.1 Å². The van der Waals surface area contributed by atoms with Crippen molar-refractivity contribution in [3.05, 3.63) is 42.3 Å². The minimum Gasteiger partial charge on any atom is -0.441 e. The van der Waals surface area contributed by atoms with E-state index in [4.69, 9.17) is 9.84 Å². The second kappa shape index (κ2) is 8.32. The standard InChI is InChI=1S/C19H23FN4O3/c1-23(2)8-7-21-18-6-3-13(10-22-18)16-5-4-14(9-17(16)20)24-11-15(12-25)27-19(24)26/h3-6,9-10,15,25H,7-8,11-12H2,1-2H3,(H,21,22)/t15-/m1/s1. The summed E-state index contributed by atoms with van der Waals surface area (Å²) in [6.45, 7) is 1.59. The van der Waals surface area contributed by atoms with Gasteiger partial charge in [-0.1, -0.05) is 0 Å². The number of nitrogens with zero attached hydrogens (tertiary/aromatic N) is 3. The monoisotopic (exact) mass is 374 g/mol. The second-order valence-electron chi connectivity index (χ2n) is 6.63. The number of hydrogen-bond donors (Lipinski definition) is 2. The summed E-state index contributed by atoms with van der Waals surface area (Å²) in [5, 5.41) is 12.3. The number of pyridine rings is 1. The Bertz CT molecular complexity index is 798. The van der Waals surface area contributed by atoms with Gasteiger partial charge in [0.15, 0.2) is 0 Å². The van der Waals surface area contributed by atoms with Gasteiger partial charge in [0.1, 0.15) is 17.7 Å². The molecule has 0 unspecified atom stereocenters. The van der Waals surface area contributed by atoms with Gasteiger partial charge in [-0.15, -0.1) is 0 Å². The summed E-state index contributed by atoms with van der Waals surface area (Å²) in [6.07, 6.45) is 0.440. The van der Waals surface area contributed by atoms with Crippen molar-refractivity contribution in [3.63, 3.8) is 0 Å². The van der Waals surface area contributed by atoms with E-state index < -0.39 is 18.0 Å². The fourth-order valence-electron chi connectivity index (χ4n) is 2.80. The molecule has 1 fully saturated rings. The van der Waals surface area contributed by atoms with Crippen LogP contribution >= 0.6 is 0 Å². The first-order valence-electron chi connectivity index (χ1n) is 8.71. The van der Waals surface area contributed by atoms with Gasteiger partial charge < -0.3 is 20.1 Å². The summed E-state index contributed by atoms with van der Waals surface area (Å²) in [5.74, 6) is 0.273. The molecule has 27 heavy (non-hydrogen) atoms. The SMILES string of the molecule is CN(C)CCNc1ccc(-c2ccc(N3C[C@H](CO)OC3=O)cc2F)cn1. The molecule has 0 spiro atoms. The van der Waals surface area contributed by atoms with E-state index in [1.807, 2.05) is 20.2 Å². The minimum atomic E-state index is -0.587. The number of nitrogens with one attached hydrogen (secondary N) is 1. The van der Waals surface area contributed by atoms with E-state index >= 15 is 0 Å². The Balaban J connectivity index is 1.71. The molecule has 0 aliphatic carbocycles. The summed E-state index contributed by atoms with van der Waals surface area (Å²) in [4.78, 5) is 19.5. The third kappa shape index (κ3) is 4.53. The summed E-state index contributed by atoms with van der Waals surface area (Å²) >= 11 is 0. The first-order valence-corrected chi connectivity index (χ1v) is 8.71. The van der Waals surface area contributed by atoms with Crippen LogP contribution in [0, 0.1) is 5.82 Å². The molecule has 1 aromatic carbocycles. The summed E-state index contributed by atoms with van der Waals surface area (Å²) in [7, 11) is 3.99. The number of cyclic esters (lactones) is 1. The fraction of sp³-hybridized carbons (Fsp3) is 0.368. The zero-order chi connectivity index (χ0) is 19.4. The lowest BCUT2D eigenvalue weighted by Gasteiger charge is -2.14. The average molecular weight is 374 g/mol. The van der Waals surface area contributed by atoms with Gasteiger partial charge in [-0.3, -0.25) is 4.90 Å². The highest BCUT2D eigenvalue weighted by Crippen LogP contribution is 2.29. The number of aromatic nitrogens is 1. The van der Waals surface area contributed by atoms with Crippen LogP contribution < -0.4 is 10.2 Å². The molecule has 3 rings (SSSR count). The van der Waals surface area contributed by atoms with Gasteiger partial charge in [0.25, 0.3) is 0 Å². The zero-order valence-corrected chi connectivity index (χ0v) is 15.4. The number of likely N-dealkylation sites (N-methyl/N-ethyl adjacent to an activating group) is 1. The highest BCUT2D eigenvalue weighted by Gasteiger charge is 2.32. The van der Waals surface area contributed by atoms with Crippen molar-refractivity contribution < 1.29 is 19.0 Å². The second-order valence-corrected chi connectivity index (χ2v) is 6.63. The van der Waals surface area contributed by atoms with Gasteiger partial charge in [0.05, 0.1) is 18.8 Å². The third-order valence-corrected chi connectivity index (χ3v) is 4.28. The Morgan fingerprint density at radius 2 is 2.19 bits per heavy atom.